The molecule has 1 unspecified atom stereocenters. The van der Waals surface area contributed by atoms with Crippen LogP contribution in [0.5, 0.6) is 17.2 Å². The summed E-state index contributed by atoms with van der Waals surface area (Å²) in [6.45, 7) is 4.65. The largest absolute Gasteiger partial charge is 0.497 e. The normalized spacial score (nSPS) is 17.6. The van der Waals surface area contributed by atoms with E-state index < -0.39 is 0 Å². The maximum atomic E-state index is 13.1. The second kappa shape index (κ2) is 11.4. The highest BCUT2D eigenvalue weighted by molar-refractivity contribution is 5.99. The molecule has 2 aliphatic rings. The Kier molecular flexibility index (Phi) is 8.27. The van der Waals surface area contributed by atoms with Gasteiger partial charge >= 0.3 is 0 Å². The minimum absolute atomic E-state index is 0. The number of amides is 1. The number of likely N-dealkylation sites (tertiary alicyclic amines) is 1. The highest BCUT2D eigenvalue weighted by Crippen LogP contribution is 2.35. The van der Waals surface area contributed by atoms with E-state index in [9.17, 15) is 4.79 Å². The summed E-state index contributed by atoms with van der Waals surface area (Å²) in [6, 6.07) is 16.7. The second-order valence-electron chi connectivity index (χ2n) is 9.66. The van der Waals surface area contributed by atoms with Crippen molar-refractivity contribution in [3.8, 4) is 17.2 Å². The third-order valence-corrected chi connectivity index (χ3v) is 7.40. The number of ether oxygens (including phenoxy) is 3. The topological polar surface area (TPSA) is 51.2 Å². The van der Waals surface area contributed by atoms with Gasteiger partial charge in [0.1, 0.15) is 5.75 Å². The summed E-state index contributed by atoms with van der Waals surface area (Å²) in [5.41, 5.74) is 3.12. The molecule has 7 heteroatoms. The molecule has 0 aliphatic carbocycles. The fraction of sp³-hybridized carbons (Fsp3) is 0.414. The molecular weight excluding hydrogens is 476 g/mol. The summed E-state index contributed by atoms with van der Waals surface area (Å²) in [4.78, 5) is 17.6. The molecule has 36 heavy (non-hydrogen) atoms. The lowest BCUT2D eigenvalue weighted by Crippen LogP contribution is -2.41. The SMILES string of the molecule is COc1ccc2cc(CCN3CCCC(CN4Cc5cc(OC)c(OC)cc5C4=O)C3)ccc2c1.Cl. The van der Waals surface area contributed by atoms with E-state index in [0.29, 0.717) is 24.0 Å². The van der Waals surface area contributed by atoms with Crippen LogP contribution in [0.25, 0.3) is 10.8 Å². The maximum absolute atomic E-state index is 13.1. The van der Waals surface area contributed by atoms with Crippen LogP contribution in [-0.4, -0.2) is 63.2 Å². The van der Waals surface area contributed by atoms with Gasteiger partial charge in [0, 0.05) is 31.7 Å². The summed E-state index contributed by atoms with van der Waals surface area (Å²) in [5.74, 6) is 2.78. The Morgan fingerprint density at radius 3 is 2.44 bits per heavy atom. The van der Waals surface area contributed by atoms with Crippen molar-refractivity contribution in [1.82, 2.24) is 9.80 Å². The van der Waals surface area contributed by atoms with E-state index in [-0.39, 0.29) is 18.3 Å². The van der Waals surface area contributed by atoms with E-state index in [1.54, 1.807) is 21.3 Å². The molecule has 1 fully saturated rings. The lowest BCUT2D eigenvalue weighted by atomic mass is 9.96. The lowest BCUT2D eigenvalue weighted by Gasteiger charge is -2.34. The van der Waals surface area contributed by atoms with Gasteiger partial charge in [0.15, 0.2) is 11.5 Å². The van der Waals surface area contributed by atoms with Crippen molar-refractivity contribution in [2.24, 2.45) is 5.92 Å². The number of carbonyl (C=O) groups excluding carboxylic acids is 1. The van der Waals surface area contributed by atoms with E-state index in [4.69, 9.17) is 14.2 Å². The molecule has 2 aliphatic heterocycles. The number of piperidine rings is 1. The quantitative estimate of drug-likeness (QED) is 0.417. The van der Waals surface area contributed by atoms with Gasteiger partial charge in [-0.3, -0.25) is 4.79 Å². The molecule has 3 aromatic rings. The standard InChI is InChI=1S/C29H34N2O4.ClH/c1-33-25-9-8-22-13-20(6-7-23(22)14-25)10-12-30-11-4-5-21(17-30)18-31-19-24-15-27(34-2)28(35-3)16-26(24)29(31)32;/h6-9,13-16,21H,4-5,10-12,17-19H2,1-3H3;1H. The molecule has 0 N–H and O–H groups in total. The summed E-state index contributed by atoms with van der Waals surface area (Å²) < 4.78 is 16.2. The molecule has 3 aromatic carbocycles. The van der Waals surface area contributed by atoms with Gasteiger partial charge in [0.25, 0.3) is 5.91 Å². The van der Waals surface area contributed by atoms with Gasteiger partial charge in [0.05, 0.1) is 21.3 Å². The number of carbonyl (C=O) groups is 1. The van der Waals surface area contributed by atoms with Crippen LogP contribution < -0.4 is 14.2 Å². The van der Waals surface area contributed by atoms with E-state index in [1.807, 2.05) is 23.1 Å². The van der Waals surface area contributed by atoms with Gasteiger partial charge in [-0.1, -0.05) is 24.3 Å². The third-order valence-electron chi connectivity index (χ3n) is 7.40. The van der Waals surface area contributed by atoms with Gasteiger partial charge in [-0.15, -0.1) is 12.4 Å². The minimum atomic E-state index is 0. The Morgan fingerprint density at radius 1 is 0.917 bits per heavy atom. The van der Waals surface area contributed by atoms with Crippen LogP contribution in [0.3, 0.4) is 0 Å². The molecule has 6 nitrogen and oxygen atoms in total. The fourth-order valence-electron chi connectivity index (χ4n) is 5.50. The van der Waals surface area contributed by atoms with Gasteiger partial charge in [-0.2, -0.15) is 0 Å². The fourth-order valence-corrected chi connectivity index (χ4v) is 5.50. The summed E-state index contributed by atoms with van der Waals surface area (Å²) >= 11 is 0. The van der Waals surface area contributed by atoms with Crippen LogP contribution in [0.15, 0.2) is 48.5 Å². The number of hydrogen-bond donors (Lipinski definition) is 0. The highest BCUT2D eigenvalue weighted by atomic mass is 35.5. The molecule has 192 valence electrons. The van der Waals surface area contributed by atoms with Gasteiger partial charge in [-0.05, 0) is 77.9 Å². The average Bonchev–Trinajstić information content (AvgIpc) is 3.20. The van der Waals surface area contributed by atoms with Crippen LogP contribution >= 0.6 is 12.4 Å². The molecule has 0 aromatic heterocycles. The minimum Gasteiger partial charge on any atom is -0.497 e. The first-order chi connectivity index (χ1) is 17.1. The van der Waals surface area contributed by atoms with Gasteiger partial charge < -0.3 is 24.0 Å². The molecule has 1 amide bonds. The zero-order chi connectivity index (χ0) is 24.4. The summed E-state index contributed by atoms with van der Waals surface area (Å²) in [5, 5.41) is 2.46. The van der Waals surface area contributed by atoms with Crippen LogP contribution in [0.1, 0.15) is 34.3 Å². The molecule has 5 rings (SSSR count). The summed E-state index contributed by atoms with van der Waals surface area (Å²) in [7, 11) is 4.94. The molecule has 1 saturated heterocycles. The van der Waals surface area contributed by atoms with Crippen molar-refractivity contribution in [1.29, 1.82) is 0 Å². The molecule has 0 saturated carbocycles. The third kappa shape index (κ3) is 5.40. The van der Waals surface area contributed by atoms with Crippen LogP contribution in [0.2, 0.25) is 0 Å². The van der Waals surface area contributed by atoms with Crippen molar-refractivity contribution in [3.05, 3.63) is 65.2 Å². The van der Waals surface area contributed by atoms with Crippen LogP contribution in [0, 0.1) is 5.92 Å². The Hall–Kier alpha value is -2.96. The number of halogens is 1. The monoisotopic (exact) mass is 510 g/mol. The predicted octanol–water partition coefficient (Wildman–Crippen LogP) is 5.20. The van der Waals surface area contributed by atoms with Crippen LogP contribution in [-0.2, 0) is 13.0 Å². The molecule has 1 atom stereocenters. The molecule has 0 bridgehead atoms. The number of methoxy groups -OCH3 is 3. The predicted molar refractivity (Wildman–Crippen MR) is 145 cm³/mol. The number of benzene rings is 3. The number of nitrogens with zero attached hydrogens (tertiary/aromatic N) is 2. The number of hydrogen-bond acceptors (Lipinski definition) is 5. The van der Waals surface area contributed by atoms with E-state index in [0.717, 1.165) is 49.5 Å². The van der Waals surface area contributed by atoms with Gasteiger partial charge in [-0.25, -0.2) is 0 Å². The first-order valence-electron chi connectivity index (χ1n) is 12.4. The Morgan fingerprint density at radius 2 is 1.67 bits per heavy atom. The molecule has 2 heterocycles. The van der Waals surface area contributed by atoms with Gasteiger partial charge in [0.2, 0.25) is 0 Å². The Balaban J connectivity index is 0.00000304. The lowest BCUT2D eigenvalue weighted by molar-refractivity contribution is 0.0703. The Labute approximate surface area is 219 Å². The molecule has 0 radical (unpaired) electrons. The smallest absolute Gasteiger partial charge is 0.254 e. The van der Waals surface area contributed by atoms with Crippen molar-refractivity contribution < 1.29 is 19.0 Å². The first-order valence-corrected chi connectivity index (χ1v) is 12.4. The molecular formula is C29H35ClN2O4. The Bertz CT molecular complexity index is 1230. The second-order valence-corrected chi connectivity index (χ2v) is 9.66. The van der Waals surface area contributed by atoms with Crippen molar-refractivity contribution in [3.63, 3.8) is 0 Å². The van der Waals surface area contributed by atoms with Crippen LogP contribution in [0.4, 0.5) is 0 Å². The van der Waals surface area contributed by atoms with E-state index in [2.05, 4.69) is 35.2 Å². The highest BCUT2D eigenvalue weighted by Gasteiger charge is 2.32. The van der Waals surface area contributed by atoms with E-state index >= 15 is 0 Å². The average molecular weight is 511 g/mol. The zero-order valence-corrected chi connectivity index (χ0v) is 22.1. The van der Waals surface area contributed by atoms with Crippen molar-refractivity contribution in [2.45, 2.75) is 25.8 Å². The molecule has 0 spiro atoms. The number of fused-ring (bicyclic) bond motifs is 2. The zero-order valence-electron chi connectivity index (χ0n) is 21.3. The summed E-state index contributed by atoms with van der Waals surface area (Å²) in [6.07, 6.45) is 3.38. The van der Waals surface area contributed by atoms with Crippen molar-refractivity contribution >= 4 is 29.1 Å². The number of rotatable bonds is 8. The first kappa shape index (κ1) is 26.1. The van der Waals surface area contributed by atoms with E-state index in [1.165, 1.54) is 29.2 Å². The van der Waals surface area contributed by atoms with Crippen molar-refractivity contribution in [2.75, 3.05) is 47.5 Å². The maximum Gasteiger partial charge on any atom is 0.254 e.